The number of halogens is 3. The maximum Gasteiger partial charge on any atom is 0.573 e. The molecule has 10 heteroatoms. The average Bonchev–Trinajstić information content (AvgIpc) is 2.76. The molecule has 0 aliphatic carbocycles. The van der Waals surface area contributed by atoms with Crippen molar-refractivity contribution in [3.63, 3.8) is 0 Å². The van der Waals surface area contributed by atoms with E-state index < -0.39 is 12.0 Å². The first-order valence-electron chi connectivity index (χ1n) is 12.0. The summed E-state index contributed by atoms with van der Waals surface area (Å²) >= 11 is 0. The molecule has 1 aromatic carbocycles. The number of alkyl halides is 3. The van der Waals surface area contributed by atoms with Crippen molar-refractivity contribution in [2.45, 2.75) is 70.9 Å². The van der Waals surface area contributed by atoms with Crippen molar-refractivity contribution in [1.82, 2.24) is 9.80 Å². The second-order valence-electron chi connectivity index (χ2n) is 10.5. The fraction of sp³-hybridized carbons (Fsp3) is 0.680. The van der Waals surface area contributed by atoms with Crippen LogP contribution in [0.25, 0.3) is 0 Å². The third-order valence-corrected chi connectivity index (χ3v) is 6.71. The van der Waals surface area contributed by atoms with Crippen LogP contribution in [0.4, 0.5) is 18.0 Å². The molecule has 2 saturated heterocycles. The Morgan fingerprint density at radius 2 is 1.60 bits per heavy atom. The van der Waals surface area contributed by atoms with Crippen molar-refractivity contribution in [2.75, 3.05) is 33.3 Å². The Bertz CT molecular complexity index is 881. The number of likely N-dealkylation sites (tertiary alicyclic amines) is 2. The first-order chi connectivity index (χ1) is 16.3. The highest BCUT2D eigenvalue weighted by atomic mass is 19.4. The largest absolute Gasteiger partial charge is 0.573 e. The monoisotopic (exact) mass is 499 g/mol. The number of rotatable bonds is 5. The van der Waals surface area contributed by atoms with Crippen LogP contribution < -0.4 is 4.74 Å². The first kappa shape index (κ1) is 27.1. The molecule has 0 radical (unpaired) electrons. The van der Waals surface area contributed by atoms with Crippen LogP contribution in [0, 0.1) is 5.92 Å². The van der Waals surface area contributed by atoms with E-state index >= 15 is 0 Å². The molecule has 2 heterocycles. The van der Waals surface area contributed by atoms with Crippen molar-refractivity contribution >= 4 is 11.8 Å². The van der Waals surface area contributed by atoms with Gasteiger partial charge in [0.25, 0.3) is 0 Å². The number of oxime groups is 1. The topological polar surface area (TPSA) is 63.6 Å². The lowest BCUT2D eigenvalue weighted by molar-refractivity contribution is -0.274. The first-order valence-corrected chi connectivity index (χ1v) is 12.0. The van der Waals surface area contributed by atoms with Crippen LogP contribution in [0.15, 0.2) is 29.4 Å². The van der Waals surface area contributed by atoms with Gasteiger partial charge in [-0.05, 0) is 96.3 Å². The number of carbonyl (C=O) groups is 1. The van der Waals surface area contributed by atoms with Gasteiger partial charge in [0.2, 0.25) is 0 Å². The maximum atomic E-state index is 12.5. The minimum Gasteiger partial charge on any atom is -0.444 e. The molecule has 1 amide bonds. The molecule has 2 fully saturated rings. The Morgan fingerprint density at radius 1 is 1.03 bits per heavy atom. The summed E-state index contributed by atoms with van der Waals surface area (Å²) in [6.45, 7) is 10.9. The molecular formula is C25H36F3N3O4. The molecule has 0 aromatic heterocycles. The molecule has 0 saturated carbocycles. The lowest BCUT2D eigenvalue weighted by Crippen LogP contribution is -2.57. The van der Waals surface area contributed by atoms with E-state index in [4.69, 9.17) is 9.57 Å². The summed E-state index contributed by atoms with van der Waals surface area (Å²) in [5, 5.41) is 4.21. The normalized spacial score (nSPS) is 20.5. The number of nitrogens with zero attached hydrogens (tertiary/aromatic N) is 3. The van der Waals surface area contributed by atoms with Crippen LogP contribution >= 0.6 is 0 Å². The fourth-order valence-corrected chi connectivity index (χ4v) is 4.80. The molecule has 0 bridgehead atoms. The van der Waals surface area contributed by atoms with Gasteiger partial charge >= 0.3 is 12.5 Å². The molecule has 7 nitrogen and oxygen atoms in total. The predicted molar refractivity (Wildman–Crippen MR) is 126 cm³/mol. The van der Waals surface area contributed by atoms with E-state index in [0.29, 0.717) is 13.1 Å². The number of amides is 1. The minimum absolute atomic E-state index is 0.00136. The van der Waals surface area contributed by atoms with E-state index in [1.807, 2.05) is 20.8 Å². The van der Waals surface area contributed by atoms with E-state index in [1.54, 1.807) is 17.0 Å². The van der Waals surface area contributed by atoms with Gasteiger partial charge in [-0.15, -0.1) is 13.2 Å². The summed E-state index contributed by atoms with van der Waals surface area (Å²) in [5.74, 6) is -0.135. The summed E-state index contributed by atoms with van der Waals surface area (Å²) in [6, 6.07) is 5.75. The van der Waals surface area contributed by atoms with E-state index in [0.717, 1.165) is 50.0 Å². The molecule has 2 aliphatic rings. The van der Waals surface area contributed by atoms with Gasteiger partial charge in [0.15, 0.2) is 0 Å². The van der Waals surface area contributed by atoms with Crippen molar-refractivity contribution in [3.8, 4) is 5.75 Å². The van der Waals surface area contributed by atoms with Crippen LogP contribution in [0.2, 0.25) is 0 Å². The lowest BCUT2D eigenvalue weighted by atomic mass is 9.82. The van der Waals surface area contributed by atoms with Gasteiger partial charge in [0.1, 0.15) is 18.5 Å². The van der Waals surface area contributed by atoms with Gasteiger partial charge in [0.05, 0.1) is 5.71 Å². The molecule has 35 heavy (non-hydrogen) atoms. The Balaban J connectivity index is 1.58. The van der Waals surface area contributed by atoms with Gasteiger partial charge in [0, 0.05) is 24.5 Å². The predicted octanol–water partition coefficient (Wildman–Crippen LogP) is 5.44. The third kappa shape index (κ3) is 7.49. The van der Waals surface area contributed by atoms with Crippen LogP contribution in [0.1, 0.15) is 58.9 Å². The summed E-state index contributed by atoms with van der Waals surface area (Å²) in [5.41, 5.74) is 0.943. The zero-order chi connectivity index (χ0) is 25.9. The molecule has 2 aliphatic heterocycles. The molecular weight excluding hydrogens is 463 g/mol. The number of hydrogen-bond donors (Lipinski definition) is 0. The van der Waals surface area contributed by atoms with Crippen molar-refractivity contribution in [2.24, 2.45) is 11.1 Å². The Kier molecular flexibility index (Phi) is 8.24. The average molecular weight is 500 g/mol. The van der Waals surface area contributed by atoms with Crippen molar-refractivity contribution in [3.05, 3.63) is 29.8 Å². The second kappa shape index (κ2) is 10.6. The molecule has 0 spiro atoms. The number of ether oxygens (including phenoxy) is 2. The van der Waals surface area contributed by atoms with E-state index in [2.05, 4.69) is 21.7 Å². The van der Waals surface area contributed by atoms with E-state index in [9.17, 15) is 18.0 Å². The summed E-state index contributed by atoms with van der Waals surface area (Å²) < 4.78 is 46.9. The standard InChI is InChI=1S/C25H36F3N3O4/c1-23(2,3)35-22(32)30-16-12-24(4,13-17-30)31-14-10-19(11-15-31)21(29-33-5)18-6-8-20(9-7-18)34-25(26,27)28/h6-9,19H,10-17H2,1-5H3/b29-21+. The Morgan fingerprint density at radius 3 is 2.09 bits per heavy atom. The van der Waals surface area contributed by atoms with Gasteiger partial charge in [-0.1, -0.05) is 5.16 Å². The zero-order valence-corrected chi connectivity index (χ0v) is 21.2. The minimum atomic E-state index is -4.73. The fourth-order valence-electron chi connectivity index (χ4n) is 4.80. The number of hydrogen-bond acceptors (Lipinski definition) is 6. The summed E-state index contributed by atoms with van der Waals surface area (Å²) in [7, 11) is 1.47. The SMILES string of the molecule is CO/N=C(\c1ccc(OC(F)(F)F)cc1)C1CCN(C2(C)CCN(C(=O)OC(C)(C)C)CC2)CC1. The Labute approximate surface area is 205 Å². The van der Waals surface area contributed by atoms with Crippen LogP contribution in [0.3, 0.4) is 0 Å². The highest BCUT2D eigenvalue weighted by Gasteiger charge is 2.40. The number of benzene rings is 1. The smallest absolute Gasteiger partial charge is 0.444 e. The molecule has 0 N–H and O–H groups in total. The summed E-state index contributed by atoms with van der Waals surface area (Å²) in [4.78, 5) is 21.7. The van der Waals surface area contributed by atoms with E-state index in [1.165, 1.54) is 19.2 Å². The van der Waals surface area contributed by atoms with Crippen LogP contribution in [-0.4, -0.2) is 72.4 Å². The maximum absolute atomic E-state index is 12.5. The lowest BCUT2D eigenvalue weighted by Gasteiger charge is -2.49. The number of carbonyl (C=O) groups excluding carboxylic acids is 1. The van der Waals surface area contributed by atoms with Crippen LogP contribution in [0.5, 0.6) is 5.75 Å². The van der Waals surface area contributed by atoms with Crippen LogP contribution in [-0.2, 0) is 9.57 Å². The van der Waals surface area contributed by atoms with Gasteiger partial charge < -0.3 is 19.2 Å². The zero-order valence-electron chi connectivity index (χ0n) is 21.2. The quantitative estimate of drug-likeness (QED) is 0.399. The molecule has 3 rings (SSSR count). The van der Waals surface area contributed by atoms with E-state index in [-0.39, 0.29) is 23.3 Å². The Hall–Kier alpha value is -2.49. The van der Waals surface area contributed by atoms with Gasteiger partial charge in [-0.25, -0.2) is 4.79 Å². The van der Waals surface area contributed by atoms with Gasteiger partial charge in [-0.3, -0.25) is 4.90 Å². The molecule has 0 unspecified atom stereocenters. The third-order valence-electron chi connectivity index (χ3n) is 6.71. The highest BCUT2D eigenvalue weighted by Crippen LogP contribution is 2.34. The van der Waals surface area contributed by atoms with Crippen molar-refractivity contribution < 1.29 is 32.3 Å². The molecule has 1 aromatic rings. The molecule has 0 atom stereocenters. The number of piperidine rings is 2. The summed E-state index contributed by atoms with van der Waals surface area (Å²) in [6.07, 6.45) is -1.53. The second-order valence-corrected chi connectivity index (χ2v) is 10.5. The van der Waals surface area contributed by atoms with Crippen molar-refractivity contribution in [1.29, 1.82) is 0 Å². The molecule has 196 valence electrons. The van der Waals surface area contributed by atoms with Gasteiger partial charge in [-0.2, -0.15) is 0 Å². The highest BCUT2D eigenvalue weighted by molar-refractivity contribution is 6.02.